The first kappa shape index (κ1) is 21.6. The molecule has 0 spiro atoms. The Morgan fingerprint density at radius 3 is 2.75 bits per heavy atom. The molecule has 4 aromatic rings. The average molecular weight is 514 g/mol. The minimum Gasteiger partial charge on any atom is -0.464 e. The Morgan fingerprint density at radius 2 is 1.91 bits per heavy atom. The predicted octanol–water partition coefficient (Wildman–Crippen LogP) is 4.73. The second-order valence-corrected chi connectivity index (χ2v) is 10.8. The summed E-state index contributed by atoms with van der Waals surface area (Å²) < 4.78 is 35.6. The molecule has 1 aliphatic rings. The number of hydrogen-bond acceptors (Lipinski definition) is 5. The van der Waals surface area contributed by atoms with E-state index >= 15 is 0 Å². The van der Waals surface area contributed by atoms with Crippen molar-refractivity contribution >= 4 is 47.7 Å². The lowest BCUT2D eigenvalue weighted by Crippen LogP contribution is -2.45. The lowest BCUT2D eigenvalue weighted by molar-refractivity contribution is 0.209. The molecule has 2 aromatic heterocycles. The molecule has 6 nitrogen and oxygen atoms in total. The minimum atomic E-state index is -3.64. The van der Waals surface area contributed by atoms with E-state index in [9.17, 15) is 8.42 Å². The second-order valence-electron chi connectivity index (χ2n) is 8.22. The summed E-state index contributed by atoms with van der Waals surface area (Å²) >= 11 is 3.45. The predicted molar refractivity (Wildman–Crippen MR) is 129 cm³/mol. The van der Waals surface area contributed by atoms with Crippen LogP contribution < -0.4 is 4.72 Å². The molecule has 3 heterocycles. The van der Waals surface area contributed by atoms with Crippen molar-refractivity contribution in [1.29, 1.82) is 0 Å². The maximum Gasteiger partial charge on any atom is 0.241 e. The first-order chi connectivity index (χ1) is 15.5. The number of piperidine rings is 1. The van der Waals surface area contributed by atoms with Crippen molar-refractivity contribution in [1.82, 2.24) is 14.6 Å². The fourth-order valence-corrected chi connectivity index (χ4v) is 6.69. The number of para-hydroxylation sites is 1. The molecular formula is C24H24BrN3O3S. The number of likely N-dealkylation sites (tertiary alicyclic amines) is 1. The van der Waals surface area contributed by atoms with Crippen molar-refractivity contribution in [3.63, 3.8) is 0 Å². The Balaban J connectivity index is 1.21. The van der Waals surface area contributed by atoms with Crippen molar-refractivity contribution in [3.05, 3.63) is 71.2 Å². The van der Waals surface area contributed by atoms with E-state index in [1.165, 1.54) is 10.9 Å². The first-order valence-corrected chi connectivity index (χ1v) is 13.0. The zero-order valence-electron chi connectivity index (χ0n) is 17.5. The molecule has 0 radical (unpaired) electrons. The fourth-order valence-electron chi connectivity index (χ4n) is 4.45. The zero-order valence-corrected chi connectivity index (χ0v) is 19.9. The highest BCUT2D eigenvalue weighted by molar-refractivity contribution is 9.10. The number of fused-ring (bicyclic) bond motifs is 2. The lowest BCUT2D eigenvalue weighted by Gasteiger charge is -2.32. The summed E-state index contributed by atoms with van der Waals surface area (Å²) in [6, 6.07) is 13.3. The van der Waals surface area contributed by atoms with Gasteiger partial charge in [-0.15, -0.1) is 0 Å². The lowest BCUT2D eigenvalue weighted by atomic mass is 10.0. The minimum absolute atomic E-state index is 0.0677. The van der Waals surface area contributed by atoms with Gasteiger partial charge in [0.15, 0.2) is 0 Å². The number of aromatic nitrogens is 1. The molecule has 1 N–H and O–H groups in total. The highest BCUT2D eigenvalue weighted by Crippen LogP contribution is 2.30. The van der Waals surface area contributed by atoms with Crippen LogP contribution in [0.25, 0.3) is 21.7 Å². The molecule has 1 aliphatic heterocycles. The number of sulfonamides is 1. The van der Waals surface area contributed by atoms with Crippen molar-refractivity contribution in [2.24, 2.45) is 0 Å². The molecule has 0 atom stereocenters. The summed E-state index contributed by atoms with van der Waals surface area (Å²) in [5.74, 6) is 0. The molecule has 32 heavy (non-hydrogen) atoms. The van der Waals surface area contributed by atoms with Gasteiger partial charge in [0.25, 0.3) is 0 Å². The van der Waals surface area contributed by atoms with Gasteiger partial charge in [-0.25, -0.2) is 13.1 Å². The van der Waals surface area contributed by atoms with Crippen LogP contribution in [0.15, 0.2) is 74.9 Å². The largest absolute Gasteiger partial charge is 0.464 e. The Hall–Kier alpha value is -2.26. The smallest absolute Gasteiger partial charge is 0.241 e. The van der Waals surface area contributed by atoms with E-state index in [-0.39, 0.29) is 6.04 Å². The molecule has 5 rings (SSSR count). The topological polar surface area (TPSA) is 75.4 Å². The van der Waals surface area contributed by atoms with Gasteiger partial charge in [-0.2, -0.15) is 0 Å². The third-order valence-corrected chi connectivity index (χ3v) is 8.32. The van der Waals surface area contributed by atoms with Crippen LogP contribution in [0.1, 0.15) is 18.4 Å². The summed E-state index contributed by atoms with van der Waals surface area (Å²) in [7, 11) is -3.64. The number of nitrogens with one attached hydrogen (secondary N) is 1. The summed E-state index contributed by atoms with van der Waals surface area (Å²) in [5.41, 5.74) is 2.14. The van der Waals surface area contributed by atoms with E-state index < -0.39 is 10.0 Å². The molecule has 0 amide bonds. The molecule has 1 saturated heterocycles. The maximum absolute atomic E-state index is 13.2. The van der Waals surface area contributed by atoms with Crippen LogP contribution in [-0.4, -0.2) is 44.0 Å². The third kappa shape index (κ3) is 4.32. The van der Waals surface area contributed by atoms with Gasteiger partial charge in [-0.05, 0) is 66.0 Å². The van der Waals surface area contributed by atoms with Gasteiger partial charge in [-0.3, -0.25) is 4.98 Å². The molecule has 0 saturated carbocycles. The van der Waals surface area contributed by atoms with Crippen LogP contribution in [0.4, 0.5) is 0 Å². The van der Waals surface area contributed by atoms with Crippen LogP contribution in [0.2, 0.25) is 0 Å². The number of rotatable bonds is 6. The van der Waals surface area contributed by atoms with Gasteiger partial charge >= 0.3 is 0 Å². The van der Waals surface area contributed by atoms with Crippen molar-refractivity contribution in [2.75, 3.05) is 19.6 Å². The summed E-state index contributed by atoms with van der Waals surface area (Å²) in [6.07, 6.45) is 7.66. The van der Waals surface area contributed by atoms with E-state index in [1.807, 2.05) is 30.5 Å². The van der Waals surface area contributed by atoms with Crippen LogP contribution >= 0.6 is 15.9 Å². The number of hydrogen-bond donors (Lipinski definition) is 1. The fraction of sp³-hybridized carbons (Fsp3) is 0.292. The molecule has 1 fully saturated rings. The van der Waals surface area contributed by atoms with Crippen molar-refractivity contribution in [3.8, 4) is 0 Å². The van der Waals surface area contributed by atoms with E-state index in [1.54, 1.807) is 24.5 Å². The van der Waals surface area contributed by atoms with Gasteiger partial charge in [0.05, 0.1) is 11.2 Å². The standard InChI is InChI=1S/C24H24BrN3O3S/c25-21-15-26-14-17-4-3-7-23(24(17)21)32(29,30)27-19-9-12-28(13-10-19)11-8-18-16-31-22-6-2-1-5-20(18)22/h1-7,14-16,19,27H,8-13H2. The maximum atomic E-state index is 13.2. The van der Waals surface area contributed by atoms with Crippen LogP contribution in [0, 0.1) is 0 Å². The SMILES string of the molecule is O=S(=O)(NC1CCN(CCc2coc3ccccc23)CC1)c1cccc2cncc(Br)c12. The van der Waals surface area contributed by atoms with Crippen molar-refractivity contribution < 1.29 is 12.8 Å². The molecule has 0 aliphatic carbocycles. The first-order valence-electron chi connectivity index (χ1n) is 10.7. The Kier molecular flexibility index (Phi) is 6.03. The van der Waals surface area contributed by atoms with E-state index in [0.29, 0.717) is 14.8 Å². The summed E-state index contributed by atoms with van der Waals surface area (Å²) in [4.78, 5) is 6.82. The second kappa shape index (κ2) is 8.94. The van der Waals surface area contributed by atoms with Crippen LogP contribution in [0.5, 0.6) is 0 Å². The van der Waals surface area contributed by atoms with Gasteiger partial charge in [-0.1, -0.05) is 30.3 Å². The van der Waals surface area contributed by atoms with E-state index in [2.05, 4.69) is 36.6 Å². The van der Waals surface area contributed by atoms with E-state index in [0.717, 1.165) is 49.9 Å². The zero-order chi connectivity index (χ0) is 22.1. The van der Waals surface area contributed by atoms with Gasteiger partial charge < -0.3 is 9.32 Å². The molecule has 2 aromatic carbocycles. The highest BCUT2D eigenvalue weighted by Gasteiger charge is 2.26. The number of nitrogens with zero attached hydrogens (tertiary/aromatic N) is 2. The number of benzene rings is 2. The molecule has 0 unspecified atom stereocenters. The van der Waals surface area contributed by atoms with Gasteiger partial charge in [0, 0.05) is 45.6 Å². The highest BCUT2D eigenvalue weighted by atomic mass is 79.9. The summed E-state index contributed by atoms with van der Waals surface area (Å²) in [5, 5.41) is 2.63. The quantitative estimate of drug-likeness (QED) is 0.403. The Labute approximate surface area is 195 Å². The van der Waals surface area contributed by atoms with Gasteiger partial charge in [0.1, 0.15) is 5.58 Å². The monoisotopic (exact) mass is 513 g/mol. The normalized spacial score (nSPS) is 16.2. The molecule has 8 heteroatoms. The van der Waals surface area contributed by atoms with Crippen molar-refractivity contribution in [2.45, 2.75) is 30.2 Å². The van der Waals surface area contributed by atoms with Crippen LogP contribution in [0.3, 0.4) is 0 Å². The molecular weight excluding hydrogens is 490 g/mol. The molecule has 166 valence electrons. The number of furan rings is 1. The summed E-state index contributed by atoms with van der Waals surface area (Å²) in [6.45, 7) is 2.67. The third-order valence-electron chi connectivity index (χ3n) is 6.16. The van der Waals surface area contributed by atoms with Crippen LogP contribution in [-0.2, 0) is 16.4 Å². The van der Waals surface area contributed by atoms with E-state index in [4.69, 9.17) is 4.42 Å². The Morgan fingerprint density at radius 1 is 1.09 bits per heavy atom. The van der Waals surface area contributed by atoms with Gasteiger partial charge in [0.2, 0.25) is 10.0 Å². The average Bonchev–Trinajstić information content (AvgIpc) is 3.21. The molecule has 0 bridgehead atoms. The number of pyridine rings is 1. The number of halogens is 1. The Bertz CT molecular complexity index is 1360.